The minimum absolute atomic E-state index is 0. The summed E-state index contributed by atoms with van der Waals surface area (Å²) in [5, 5.41) is 9.04. The van der Waals surface area contributed by atoms with Crippen LogP contribution in [0.3, 0.4) is 0 Å². The Morgan fingerprint density at radius 3 is 2.83 bits per heavy atom. The van der Waals surface area contributed by atoms with Gasteiger partial charge in [-0.3, -0.25) is 4.90 Å². The van der Waals surface area contributed by atoms with E-state index in [4.69, 9.17) is 10.00 Å². The molecule has 0 saturated carbocycles. The Balaban J connectivity index is 0.00000240. The average Bonchev–Trinajstić information content (AvgIpc) is 2.74. The normalized spacial score (nSPS) is 21.1. The number of halogens is 1. The first-order valence-corrected chi connectivity index (χ1v) is 10.7. The highest BCUT2D eigenvalue weighted by atomic mass is 35.5. The van der Waals surface area contributed by atoms with E-state index in [2.05, 4.69) is 36.1 Å². The highest BCUT2D eigenvalue weighted by molar-refractivity contribution is 5.85. The molecular weight excluding hydrogens is 380 g/mol. The van der Waals surface area contributed by atoms with Crippen molar-refractivity contribution in [2.45, 2.75) is 64.0 Å². The molecule has 1 saturated heterocycles. The van der Waals surface area contributed by atoms with Crippen LogP contribution in [-0.2, 0) is 19.4 Å². The third-order valence-electron chi connectivity index (χ3n) is 6.50. The highest BCUT2D eigenvalue weighted by Crippen LogP contribution is 2.40. The summed E-state index contributed by atoms with van der Waals surface area (Å²) in [5.74, 6) is 0.936. The van der Waals surface area contributed by atoms with Crippen LogP contribution in [0.4, 0.5) is 0 Å². The van der Waals surface area contributed by atoms with Crippen molar-refractivity contribution in [2.24, 2.45) is 0 Å². The van der Waals surface area contributed by atoms with Crippen LogP contribution < -0.4 is 4.74 Å². The molecule has 2 aliphatic rings. The van der Waals surface area contributed by atoms with Crippen molar-refractivity contribution < 1.29 is 4.74 Å². The van der Waals surface area contributed by atoms with E-state index in [-0.39, 0.29) is 12.4 Å². The number of aryl methyl sites for hydroxylation is 1. The number of likely N-dealkylation sites (tertiary alicyclic amines) is 1. The number of fused-ring (bicyclic) bond motifs is 1. The zero-order chi connectivity index (χ0) is 19.4. The molecule has 4 rings (SSSR count). The summed E-state index contributed by atoms with van der Waals surface area (Å²) >= 11 is 0. The van der Waals surface area contributed by atoms with Crippen LogP contribution in [0.25, 0.3) is 0 Å². The summed E-state index contributed by atoms with van der Waals surface area (Å²) in [6.45, 7) is 5.31. The van der Waals surface area contributed by atoms with E-state index in [1.54, 1.807) is 0 Å². The van der Waals surface area contributed by atoms with Gasteiger partial charge in [-0.25, -0.2) is 0 Å². The summed E-state index contributed by atoms with van der Waals surface area (Å²) in [6, 6.07) is 16.5. The summed E-state index contributed by atoms with van der Waals surface area (Å²) in [6.07, 6.45) is 8.93. The van der Waals surface area contributed by atoms with E-state index < -0.39 is 0 Å². The summed E-state index contributed by atoms with van der Waals surface area (Å²) < 4.78 is 6.03. The Hall–Kier alpha value is -2.02. The van der Waals surface area contributed by atoms with Gasteiger partial charge in [-0.15, -0.1) is 12.4 Å². The molecule has 1 fully saturated rings. The quantitative estimate of drug-likeness (QED) is 0.635. The first-order chi connectivity index (χ1) is 13.7. The number of nitrogens with zero attached hydrogens (tertiary/aromatic N) is 2. The average molecular weight is 411 g/mol. The Bertz CT molecular complexity index is 873. The van der Waals surface area contributed by atoms with Crippen molar-refractivity contribution in [1.29, 1.82) is 5.26 Å². The SMILES string of the molecule is CCCN1CCCCC12CCc1cc(OCc3cccc(C#N)c3)ccc1C2.Cl. The summed E-state index contributed by atoms with van der Waals surface area (Å²) in [4.78, 5) is 2.78. The van der Waals surface area contributed by atoms with Gasteiger partial charge < -0.3 is 4.74 Å². The second kappa shape index (κ2) is 9.65. The second-order valence-electron chi connectivity index (χ2n) is 8.38. The Morgan fingerprint density at radius 1 is 1.10 bits per heavy atom. The second-order valence-corrected chi connectivity index (χ2v) is 8.38. The predicted molar refractivity (Wildman–Crippen MR) is 120 cm³/mol. The van der Waals surface area contributed by atoms with Crippen molar-refractivity contribution in [2.75, 3.05) is 13.1 Å². The first kappa shape index (κ1) is 21.7. The van der Waals surface area contributed by atoms with Gasteiger partial charge in [0.15, 0.2) is 0 Å². The molecule has 1 aliphatic carbocycles. The maximum Gasteiger partial charge on any atom is 0.120 e. The molecule has 4 heteroatoms. The molecule has 1 aliphatic heterocycles. The summed E-state index contributed by atoms with van der Waals surface area (Å²) in [7, 11) is 0. The minimum atomic E-state index is 0. The zero-order valence-electron chi connectivity index (χ0n) is 17.3. The van der Waals surface area contributed by atoms with Crippen molar-refractivity contribution in [3.05, 3.63) is 64.7 Å². The molecule has 1 spiro atoms. The van der Waals surface area contributed by atoms with Gasteiger partial charge >= 0.3 is 0 Å². The highest BCUT2D eigenvalue weighted by Gasteiger charge is 2.40. The Kier molecular flexibility index (Phi) is 7.22. The number of benzene rings is 2. The van der Waals surface area contributed by atoms with Crippen LogP contribution in [0.2, 0.25) is 0 Å². The Labute approximate surface area is 181 Å². The van der Waals surface area contributed by atoms with Crippen molar-refractivity contribution in [3.8, 4) is 11.8 Å². The molecule has 2 aromatic rings. The number of nitriles is 1. The number of hydrogen-bond donors (Lipinski definition) is 0. The van der Waals surface area contributed by atoms with E-state index in [0.29, 0.717) is 17.7 Å². The lowest BCUT2D eigenvalue weighted by Gasteiger charge is -2.50. The van der Waals surface area contributed by atoms with Gasteiger partial charge in [-0.2, -0.15) is 5.26 Å². The Morgan fingerprint density at radius 2 is 2.00 bits per heavy atom. The molecule has 0 N–H and O–H groups in total. The van der Waals surface area contributed by atoms with E-state index >= 15 is 0 Å². The molecule has 1 heterocycles. The lowest BCUT2D eigenvalue weighted by Crippen LogP contribution is -2.55. The van der Waals surface area contributed by atoms with Gasteiger partial charge in [0, 0.05) is 5.54 Å². The van der Waals surface area contributed by atoms with E-state index in [9.17, 15) is 0 Å². The molecule has 0 amide bonds. The van der Waals surface area contributed by atoms with Gasteiger partial charge in [-0.1, -0.05) is 31.5 Å². The van der Waals surface area contributed by atoms with Gasteiger partial charge in [-0.05, 0) is 92.6 Å². The third kappa shape index (κ3) is 4.77. The first-order valence-electron chi connectivity index (χ1n) is 10.7. The molecule has 0 aromatic heterocycles. The molecule has 1 atom stereocenters. The molecule has 3 nitrogen and oxygen atoms in total. The van der Waals surface area contributed by atoms with Crippen LogP contribution in [-0.4, -0.2) is 23.5 Å². The third-order valence-corrected chi connectivity index (χ3v) is 6.50. The molecule has 154 valence electrons. The van der Waals surface area contributed by atoms with Gasteiger partial charge in [0.05, 0.1) is 11.6 Å². The predicted octanol–water partition coefficient (Wildman–Crippen LogP) is 5.68. The topological polar surface area (TPSA) is 36.3 Å². The van der Waals surface area contributed by atoms with Crippen molar-refractivity contribution in [1.82, 2.24) is 4.90 Å². The lowest BCUT2D eigenvalue weighted by molar-refractivity contribution is 0.0340. The maximum absolute atomic E-state index is 9.04. The van der Waals surface area contributed by atoms with Crippen LogP contribution >= 0.6 is 12.4 Å². The van der Waals surface area contributed by atoms with Crippen LogP contribution in [0.15, 0.2) is 42.5 Å². The summed E-state index contributed by atoms with van der Waals surface area (Å²) in [5.41, 5.74) is 5.07. The molecular formula is C25H31ClN2O. The van der Waals surface area contributed by atoms with Crippen molar-refractivity contribution >= 4 is 12.4 Å². The molecule has 29 heavy (non-hydrogen) atoms. The molecule has 0 bridgehead atoms. The smallest absolute Gasteiger partial charge is 0.120 e. The minimum Gasteiger partial charge on any atom is -0.489 e. The zero-order valence-corrected chi connectivity index (χ0v) is 18.1. The fourth-order valence-corrected chi connectivity index (χ4v) is 5.06. The van der Waals surface area contributed by atoms with E-state index in [0.717, 1.165) is 17.7 Å². The fourth-order valence-electron chi connectivity index (χ4n) is 5.06. The molecule has 0 radical (unpaired) electrons. The lowest BCUT2D eigenvalue weighted by atomic mass is 9.72. The van der Waals surface area contributed by atoms with Gasteiger partial charge in [0.1, 0.15) is 12.4 Å². The van der Waals surface area contributed by atoms with E-state index in [1.165, 1.54) is 62.7 Å². The molecule has 2 aromatic carbocycles. The standard InChI is InChI=1S/C25H30N2O.ClH/c1-2-13-27-14-4-3-11-25(27)12-10-22-16-24(9-8-23(22)17-25)28-19-21-7-5-6-20(15-21)18-26;/h5-9,15-16H,2-4,10-14,17,19H2,1H3;1H. The van der Waals surface area contributed by atoms with Gasteiger partial charge in [0.2, 0.25) is 0 Å². The number of hydrogen-bond acceptors (Lipinski definition) is 3. The number of ether oxygens (including phenoxy) is 1. The van der Waals surface area contributed by atoms with Crippen LogP contribution in [0.1, 0.15) is 61.3 Å². The van der Waals surface area contributed by atoms with E-state index in [1.807, 2.05) is 24.3 Å². The van der Waals surface area contributed by atoms with Crippen LogP contribution in [0.5, 0.6) is 5.75 Å². The maximum atomic E-state index is 9.04. The van der Waals surface area contributed by atoms with Crippen molar-refractivity contribution in [3.63, 3.8) is 0 Å². The number of piperidine rings is 1. The fraction of sp³-hybridized carbons (Fsp3) is 0.480. The van der Waals surface area contributed by atoms with Gasteiger partial charge in [0.25, 0.3) is 0 Å². The molecule has 1 unspecified atom stereocenters. The largest absolute Gasteiger partial charge is 0.489 e. The van der Waals surface area contributed by atoms with Crippen LogP contribution in [0, 0.1) is 11.3 Å². The number of rotatable bonds is 5. The monoisotopic (exact) mass is 410 g/mol.